The number of benzene rings is 1. The molecule has 0 saturated carbocycles. The quantitative estimate of drug-likeness (QED) is 0.373. The Morgan fingerprint density at radius 3 is 2.12 bits per heavy atom. The Balaban J connectivity index is 0.000000267. The fourth-order valence-electron chi connectivity index (χ4n) is 3.67. The number of hydrogen-bond acceptors (Lipinski definition) is 13. The normalized spacial score (nSPS) is 21.1. The summed E-state index contributed by atoms with van der Waals surface area (Å²) in [6.45, 7) is 9.07. The zero-order chi connectivity index (χ0) is 29.6. The molecular formula is C25H33N3O9S3. The van der Waals surface area contributed by atoms with Gasteiger partial charge in [-0.1, -0.05) is 18.7 Å². The highest BCUT2D eigenvalue weighted by Gasteiger charge is 2.42. The van der Waals surface area contributed by atoms with E-state index in [4.69, 9.17) is 18.9 Å². The van der Waals surface area contributed by atoms with Gasteiger partial charge in [0.25, 0.3) is 10.0 Å². The smallest absolute Gasteiger partial charge is 0.338 e. The third-order valence-corrected chi connectivity index (χ3v) is 8.23. The van der Waals surface area contributed by atoms with E-state index in [-0.39, 0.29) is 22.4 Å². The van der Waals surface area contributed by atoms with Crippen LogP contribution in [-0.4, -0.2) is 66.5 Å². The number of thioether (sulfide) groups is 1. The largest absolute Gasteiger partial charge is 0.432 e. The van der Waals surface area contributed by atoms with E-state index in [1.807, 2.05) is 6.92 Å². The van der Waals surface area contributed by atoms with Crippen LogP contribution in [0.5, 0.6) is 0 Å². The van der Waals surface area contributed by atoms with Crippen molar-refractivity contribution < 1.29 is 41.7 Å². The van der Waals surface area contributed by atoms with Crippen molar-refractivity contribution in [2.24, 2.45) is 0 Å². The molecule has 1 aromatic heterocycles. The minimum absolute atomic E-state index is 0.0350. The molecule has 220 valence electrons. The summed E-state index contributed by atoms with van der Waals surface area (Å²) in [5.41, 5.74) is 0.740. The second-order valence-corrected chi connectivity index (χ2v) is 13.4. The van der Waals surface area contributed by atoms with Gasteiger partial charge in [-0.05, 0) is 30.0 Å². The van der Waals surface area contributed by atoms with Crippen molar-refractivity contribution in [3.8, 4) is 0 Å². The fraction of sp³-hybridized carbons (Fsp3) is 0.520. The Morgan fingerprint density at radius 2 is 1.62 bits per heavy atom. The van der Waals surface area contributed by atoms with E-state index in [1.54, 1.807) is 45.2 Å². The summed E-state index contributed by atoms with van der Waals surface area (Å²) in [5.74, 6) is -1.88. The van der Waals surface area contributed by atoms with E-state index in [1.165, 1.54) is 41.4 Å². The molecule has 0 aliphatic carbocycles. The standard InChI is InChI=1S/C16H19N3O5S2.C9H14O4S/c1-16(2)23-13(14(20)24-16)7-8-17-11-3-5-12(6-4-11)26(21,22)19-15-18-9-10-25-15;1-4-14-7(10)5-6-8(11)13-9(2,3)12-6/h3-6,9-10,13,17H,7-8H2,1-2H3,(H,18,19);6H,4-5H2,1-3H3/t13-;6-/m11/s1. The molecule has 2 aliphatic rings. The predicted octanol–water partition coefficient (Wildman–Crippen LogP) is 3.76. The molecule has 2 saturated heterocycles. The van der Waals surface area contributed by atoms with Crippen LogP contribution in [0, 0.1) is 0 Å². The molecule has 2 aliphatic heterocycles. The van der Waals surface area contributed by atoms with E-state index in [2.05, 4.69) is 15.0 Å². The molecule has 15 heteroatoms. The van der Waals surface area contributed by atoms with Crippen molar-refractivity contribution in [2.45, 2.75) is 76.1 Å². The molecule has 2 aromatic rings. The number of rotatable bonds is 10. The summed E-state index contributed by atoms with van der Waals surface area (Å²) >= 11 is 2.40. The lowest BCUT2D eigenvalue weighted by atomic mass is 10.2. The van der Waals surface area contributed by atoms with Gasteiger partial charge in [0.05, 0.1) is 11.3 Å². The van der Waals surface area contributed by atoms with Gasteiger partial charge < -0.3 is 24.3 Å². The van der Waals surface area contributed by atoms with E-state index in [9.17, 15) is 22.8 Å². The van der Waals surface area contributed by atoms with Crippen LogP contribution in [0.3, 0.4) is 0 Å². The Morgan fingerprint density at radius 1 is 1.02 bits per heavy atom. The van der Waals surface area contributed by atoms with Crippen molar-refractivity contribution in [3.63, 3.8) is 0 Å². The number of ether oxygens (including phenoxy) is 4. The predicted molar refractivity (Wildman–Crippen MR) is 150 cm³/mol. The zero-order valence-electron chi connectivity index (χ0n) is 22.8. The summed E-state index contributed by atoms with van der Waals surface area (Å²) in [4.78, 5) is 38.2. The second kappa shape index (κ2) is 13.3. The maximum atomic E-state index is 12.3. The lowest BCUT2D eigenvalue weighted by molar-refractivity contribution is -0.162. The van der Waals surface area contributed by atoms with E-state index in [0.717, 1.165) is 5.69 Å². The van der Waals surface area contributed by atoms with E-state index in [0.29, 0.717) is 23.8 Å². The maximum absolute atomic E-state index is 12.3. The molecule has 0 bridgehead atoms. The van der Waals surface area contributed by atoms with Crippen molar-refractivity contribution in [1.82, 2.24) is 4.98 Å². The Bertz CT molecular complexity index is 1280. The monoisotopic (exact) mass is 615 g/mol. The summed E-state index contributed by atoms with van der Waals surface area (Å²) < 4.78 is 47.7. The van der Waals surface area contributed by atoms with Crippen LogP contribution >= 0.6 is 23.1 Å². The number of nitrogens with one attached hydrogen (secondary N) is 2. The SMILES string of the molecule is CC1(C)OC(=O)[C@@H](CCNc2ccc(S(=O)(=O)Nc3nccs3)cc2)O1.CCSC(=O)C[C@H]1OC(C)(C)OC1=O. The number of aromatic nitrogens is 1. The number of thiazole rings is 1. The highest BCUT2D eigenvalue weighted by molar-refractivity contribution is 8.13. The molecule has 0 unspecified atom stereocenters. The van der Waals surface area contributed by atoms with Crippen molar-refractivity contribution in [1.29, 1.82) is 0 Å². The Kier molecular flexibility index (Phi) is 10.6. The van der Waals surface area contributed by atoms with E-state index >= 15 is 0 Å². The van der Waals surface area contributed by atoms with Crippen molar-refractivity contribution in [2.75, 3.05) is 22.3 Å². The second-order valence-electron chi connectivity index (χ2n) is 9.55. The van der Waals surface area contributed by atoms with Crippen LogP contribution in [0.15, 0.2) is 40.7 Å². The van der Waals surface area contributed by atoms with Gasteiger partial charge in [-0.25, -0.2) is 23.0 Å². The minimum atomic E-state index is -3.66. The van der Waals surface area contributed by atoms with Gasteiger partial charge >= 0.3 is 11.9 Å². The van der Waals surface area contributed by atoms with E-state index < -0.39 is 39.8 Å². The minimum Gasteiger partial charge on any atom is -0.432 e. The number of esters is 2. The van der Waals surface area contributed by atoms with Crippen molar-refractivity contribution >= 4 is 61.0 Å². The molecule has 1 aromatic carbocycles. The molecule has 40 heavy (non-hydrogen) atoms. The summed E-state index contributed by atoms with van der Waals surface area (Å²) in [5, 5.41) is 5.10. The molecule has 0 radical (unpaired) electrons. The van der Waals surface area contributed by atoms with Crippen LogP contribution in [0.2, 0.25) is 0 Å². The highest BCUT2D eigenvalue weighted by Crippen LogP contribution is 2.27. The summed E-state index contributed by atoms with van der Waals surface area (Å²) in [6.07, 6.45) is 0.756. The van der Waals surface area contributed by atoms with Gasteiger partial charge in [0.15, 0.2) is 22.5 Å². The van der Waals surface area contributed by atoms with Crippen LogP contribution in [-0.2, 0) is 43.4 Å². The lowest BCUT2D eigenvalue weighted by Gasteiger charge is -2.15. The number of sulfonamides is 1. The summed E-state index contributed by atoms with van der Waals surface area (Å²) in [6, 6.07) is 6.33. The Labute approximate surface area is 241 Å². The topological polar surface area (TPSA) is 159 Å². The first-order valence-corrected chi connectivity index (χ1v) is 15.8. The fourth-order valence-corrected chi connectivity index (χ4v) is 6.05. The average Bonchev–Trinajstić information content (AvgIpc) is 3.51. The van der Waals surface area contributed by atoms with Crippen LogP contribution in [0.4, 0.5) is 10.8 Å². The number of hydrogen-bond donors (Lipinski definition) is 2. The summed E-state index contributed by atoms with van der Waals surface area (Å²) in [7, 11) is -3.66. The molecule has 4 rings (SSSR count). The van der Waals surface area contributed by atoms with Gasteiger partial charge in [0.1, 0.15) is 0 Å². The zero-order valence-corrected chi connectivity index (χ0v) is 25.2. The molecule has 2 fully saturated rings. The maximum Gasteiger partial charge on any atom is 0.338 e. The van der Waals surface area contributed by atoms with Gasteiger partial charge in [-0.2, -0.15) is 0 Å². The van der Waals surface area contributed by atoms with Crippen LogP contribution < -0.4 is 10.0 Å². The van der Waals surface area contributed by atoms with Crippen molar-refractivity contribution in [3.05, 3.63) is 35.8 Å². The molecule has 2 atom stereocenters. The Hall–Kier alpha value is -2.72. The molecule has 3 heterocycles. The third-order valence-electron chi connectivity index (χ3n) is 5.28. The number of anilines is 2. The molecule has 0 amide bonds. The van der Waals surface area contributed by atoms with Crippen LogP contribution in [0.1, 0.15) is 47.5 Å². The van der Waals surface area contributed by atoms with Gasteiger partial charge in [0, 0.05) is 57.9 Å². The molecule has 2 N–H and O–H groups in total. The first kappa shape index (κ1) is 31.8. The number of carbonyl (C=O) groups is 3. The first-order chi connectivity index (χ1) is 18.7. The number of carbonyl (C=O) groups excluding carboxylic acids is 3. The number of nitrogens with zero attached hydrogens (tertiary/aromatic N) is 1. The highest BCUT2D eigenvalue weighted by atomic mass is 32.2. The molecular weight excluding hydrogens is 582 g/mol. The number of cyclic esters (lactones) is 2. The average molecular weight is 616 g/mol. The molecule has 0 spiro atoms. The first-order valence-electron chi connectivity index (χ1n) is 12.4. The third kappa shape index (κ3) is 9.44. The van der Waals surface area contributed by atoms with Gasteiger partial charge in [-0.15, -0.1) is 11.3 Å². The van der Waals surface area contributed by atoms with Crippen LogP contribution in [0.25, 0.3) is 0 Å². The van der Waals surface area contributed by atoms with Gasteiger partial charge in [0.2, 0.25) is 11.6 Å². The lowest BCUT2D eigenvalue weighted by Crippen LogP contribution is -2.23. The molecule has 12 nitrogen and oxygen atoms in total. The van der Waals surface area contributed by atoms with Gasteiger partial charge in [-0.3, -0.25) is 9.52 Å².